The number of fused-ring (bicyclic) bond motifs is 11. The maximum atomic E-state index is 14.1. The molecule has 0 atom stereocenters. The molecule has 0 radical (unpaired) electrons. The summed E-state index contributed by atoms with van der Waals surface area (Å²) in [6, 6.07) is 46.3. The van der Waals surface area contributed by atoms with Crippen LogP contribution in [0, 0.1) is 0 Å². The third-order valence-corrected chi connectivity index (χ3v) is 10.8. The van der Waals surface area contributed by atoms with Crippen LogP contribution in [0.25, 0.3) is 11.1 Å². The van der Waals surface area contributed by atoms with Crippen LogP contribution in [0.3, 0.4) is 0 Å². The predicted octanol–water partition coefficient (Wildman–Crippen LogP) is 8.77. The first-order valence-corrected chi connectivity index (χ1v) is 15.4. The van der Waals surface area contributed by atoms with Gasteiger partial charge >= 0.3 is 0 Å². The zero-order valence-electron chi connectivity index (χ0n) is 22.4. The summed E-state index contributed by atoms with van der Waals surface area (Å²) in [4.78, 5) is 2.84. The fourth-order valence-corrected chi connectivity index (χ4v) is 9.16. The summed E-state index contributed by atoms with van der Waals surface area (Å²) in [6.07, 6.45) is 0. The number of rotatable bonds is 1. The van der Waals surface area contributed by atoms with Crippen molar-refractivity contribution >= 4 is 26.9 Å². The molecule has 3 aliphatic rings. The highest BCUT2D eigenvalue weighted by Gasteiger charge is 2.51. The highest BCUT2D eigenvalue weighted by Crippen LogP contribution is 2.63. The molecule has 9 rings (SSSR count). The van der Waals surface area contributed by atoms with Crippen LogP contribution in [0.1, 0.15) is 22.3 Å². The lowest BCUT2D eigenvalue weighted by atomic mass is 9.61. The Bertz CT molecular complexity index is 2120. The average molecular weight is 562 g/mol. The van der Waals surface area contributed by atoms with E-state index in [9.17, 15) is 8.42 Å². The van der Waals surface area contributed by atoms with E-state index in [-0.39, 0.29) is 0 Å². The van der Waals surface area contributed by atoms with Crippen LogP contribution in [0.4, 0.5) is 17.1 Å². The topological polar surface area (TPSA) is 46.6 Å². The van der Waals surface area contributed by atoms with Crippen molar-refractivity contribution < 1.29 is 13.2 Å². The van der Waals surface area contributed by atoms with E-state index in [1.165, 1.54) is 0 Å². The Balaban J connectivity index is 1.42. The Morgan fingerprint density at radius 1 is 0.476 bits per heavy atom. The second kappa shape index (κ2) is 8.21. The zero-order valence-corrected chi connectivity index (χ0v) is 23.2. The van der Waals surface area contributed by atoms with E-state index in [4.69, 9.17) is 4.74 Å². The molecule has 4 nitrogen and oxygen atoms in total. The van der Waals surface area contributed by atoms with Gasteiger partial charge in [-0.05, 0) is 47.5 Å². The molecular weight excluding hydrogens is 538 g/mol. The minimum atomic E-state index is -3.74. The second-order valence-corrected chi connectivity index (χ2v) is 12.7. The van der Waals surface area contributed by atoms with Crippen LogP contribution in [0.15, 0.2) is 149 Å². The summed E-state index contributed by atoms with van der Waals surface area (Å²) in [5, 5.41) is 0. The van der Waals surface area contributed by atoms with Gasteiger partial charge < -0.3 is 9.64 Å². The lowest BCUT2D eigenvalue weighted by Gasteiger charge is -2.48. The fraction of sp³-hybridized carbons (Fsp3) is 0.0270. The van der Waals surface area contributed by atoms with Crippen molar-refractivity contribution in [1.29, 1.82) is 0 Å². The van der Waals surface area contributed by atoms with Gasteiger partial charge in [-0.15, -0.1) is 0 Å². The van der Waals surface area contributed by atoms with Gasteiger partial charge in [-0.2, -0.15) is 0 Å². The number of nitrogens with zero attached hydrogens (tertiary/aromatic N) is 1. The zero-order chi connectivity index (χ0) is 28.1. The first kappa shape index (κ1) is 23.6. The number of benzene rings is 6. The first-order valence-electron chi connectivity index (χ1n) is 14.0. The molecule has 0 unspecified atom stereocenters. The smallest absolute Gasteiger partial charge is 0.209 e. The summed E-state index contributed by atoms with van der Waals surface area (Å²) >= 11 is 0. The van der Waals surface area contributed by atoms with Gasteiger partial charge in [-0.25, -0.2) is 8.42 Å². The summed E-state index contributed by atoms with van der Waals surface area (Å²) in [5.41, 5.74) is 7.57. The van der Waals surface area contributed by atoms with E-state index in [0.29, 0.717) is 15.5 Å². The third kappa shape index (κ3) is 2.78. The minimum absolute atomic E-state index is 0.347. The summed E-state index contributed by atoms with van der Waals surface area (Å²) in [7, 11) is -3.74. The highest BCUT2D eigenvalue weighted by atomic mass is 32.2. The molecule has 0 aliphatic carbocycles. The number of sulfone groups is 1. The largest absolute Gasteiger partial charge is 0.457 e. The standard InChI is InChI=1S/C37H23NO3S/c39-42(40)35-23-10-1-12-24(35)25-13-11-20-32(36(25)42)38-30-18-6-2-14-26(30)37(27-15-3-7-19-31(27)38)28-16-4-8-21-33(28)41-34-22-9-5-17-29(34)37/h1-23H. The van der Waals surface area contributed by atoms with Gasteiger partial charge in [0.2, 0.25) is 9.84 Å². The summed E-state index contributed by atoms with van der Waals surface area (Å²) in [6.45, 7) is 0. The Hall–Kier alpha value is -5.13. The van der Waals surface area contributed by atoms with Gasteiger partial charge in [0.15, 0.2) is 0 Å². The molecule has 0 saturated carbocycles. The van der Waals surface area contributed by atoms with Gasteiger partial charge in [0, 0.05) is 22.3 Å². The maximum absolute atomic E-state index is 14.1. The first-order chi connectivity index (χ1) is 20.6. The molecule has 0 saturated heterocycles. The van der Waals surface area contributed by atoms with E-state index < -0.39 is 15.3 Å². The van der Waals surface area contributed by atoms with Gasteiger partial charge in [-0.3, -0.25) is 0 Å². The van der Waals surface area contributed by atoms with Gasteiger partial charge in [-0.1, -0.05) is 103 Å². The summed E-state index contributed by atoms with van der Waals surface area (Å²) < 4.78 is 34.8. The molecule has 1 spiro atoms. The highest BCUT2D eigenvalue weighted by molar-refractivity contribution is 7.92. The van der Waals surface area contributed by atoms with Crippen molar-refractivity contribution in [3.63, 3.8) is 0 Å². The quantitative estimate of drug-likeness (QED) is 0.201. The average Bonchev–Trinajstić information content (AvgIpc) is 3.28. The minimum Gasteiger partial charge on any atom is -0.457 e. The van der Waals surface area contributed by atoms with Crippen LogP contribution in [0.5, 0.6) is 11.5 Å². The van der Waals surface area contributed by atoms with Crippen LogP contribution in [-0.2, 0) is 15.3 Å². The van der Waals surface area contributed by atoms with Crippen molar-refractivity contribution in [1.82, 2.24) is 0 Å². The maximum Gasteiger partial charge on any atom is 0.209 e. The Labute approximate surface area is 244 Å². The molecule has 200 valence electrons. The Kier molecular flexibility index (Phi) is 4.61. The van der Waals surface area contributed by atoms with Crippen LogP contribution in [0.2, 0.25) is 0 Å². The number of hydrogen-bond acceptors (Lipinski definition) is 4. The molecular formula is C37H23NO3S. The van der Waals surface area contributed by atoms with Crippen molar-refractivity contribution in [3.8, 4) is 22.6 Å². The normalized spacial score (nSPS) is 15.9. The Morgan fingerprint density at radius 2 is 0.952 bits per heavy atom. The van der Waals surface area contributed by atoms with Crippen LogP contribution < -0.4 is 9.64 Å². The van der Waals surface area contributed by atoms with E-state index in [1.807, 2.05) is 66.7 Å². The lowest BCUT2D eigenvalue weighted by molar-refractivity contribution is 0.434. The number of anilines is 3. The molecule has 3 heterocycles. The molecule has 0 bridgehead atoms. The van der Waals surface area contributed by atoms with Crippen molar-refractivity contribution in [3.05, 3.63) is 162 Å². The molecule has 0 aromatic heterocycles. The molecule has 6 aromatic rings. The van der Waals surface area contributed by atoms with Crippen molar-refractivity contribution in [2.24, 2.45) is 0 Å². The molecule has 0 amide bonds. The lowest BCUT2D eigenvalue weighted by Crippen LogP contribution is -2.39. The molecule has 0 fully saturated rings. The fourth-order valence-electron chi connectivity index (χ4n) is 7.31. The van der Waals surface area contributed by atoms with Crippen LogP contribution >= 0.6 is 0 Å². The monoisotopic (exact) mass is 561 g/mol. The molecule has 3 aliphatic heterocycles. The van der Waals surface area contributed by atoms with Gasteiger partial charge in [0.1, 0.15) is 16.4 Å². The SMILES string of the molecule is O=S1(=O)c2ccccc2-c2cccc(N3c4ccccc4C4(c5ccccc5Oc5ccccc54)c4ccccc43)c21. The van der Waals surface area contributed by atoms with Crippen molar-refractivity contribution in [2.75, 3.05) is 4.90 Å². The molecule has 42 heavy (non-hydrogen) atoms. The number of para-hydroxylation sites is 4. The summed E-state index contributed by atoms with van der Waals surface area (Å²) in [5.74, 6) is 1.63. The van der Waals surface area contributed by atoms with E-state index in [2.05, 4.69) is 65.6 Å². The Morgan fingerprint density at radius 3 is 1.60 bits per heavy atom. The third-order valence-electron chi connectivity index (χ3n) is 8.87. The van der Waals surface area contributed by atoms with E-state index >= 15 is 0 Å². The molecule has 0 N–H and O–H groups in total. The van der Waals surface area contributed by atoms with Gasteiger partial charge in [0.05, 0.1) is 27.4 Å². The molecule has 5 heteroatoms. The number of hydrogen-bond donors (Lipinski definition) is 0. The second-order valence-electron chi connectivity index (χ2n) is 10.9. The van der Waals surface area contributed by atoms with Crippen LogP contribution in [-0.4, -0.2) is 8.42 Å². The van der Waals surface area contributed by atoms with Gasteiger partial charge in [0.25, 0.3) is 0 Å². The molecule has 6 aromatic carbocycles. The van der Waals surface area contributed by atoms with E-state index in [0.717, 1.165) is 56.3 Å². The van der Waals surface area contributed by atoms with Crippen molar-refractivity contribution in [2.45, 2.75) is 15.2 Å². The number of ether oxygens (including phenoxy) is 1. The van der Waals surface area contributed by atoms with E-state index in [1.54, 1.807) is 12.1 Å². The predicted molar refractivity (Wildman–Crippen MR) is 164 cm³/mol.